The molecule has 3 aromatic rings. The first-order chi connectivity index (χ1) is 15.2. The number of carbonyl (C=O) groups is 1. The Morgan fingerprint density at radius 3 is 2.48 bits per heavy atom. The van der Waals surface area contributed by atoms with Gasteiger partial charge < -0.3 is 16.0 Å². The van der Waals surface area contributed by atoms with Crippen LogP contribution in [0.2, 0.25) is 5.02 Å². The predicted octanol–water partition coefficient (Wildman–Crippen LogP) is 4.27. The van der Waals surface area contributed by atoms with Crippen molar-refractivity contribution in [3.8, 4) is 11.3 Å². The lowest BCUT2D eigenvalue weighted by Gasteiger charge is -2.09. The summed E-state index contributed by atoms with van der Waals surface area (Å²) in [6.07, 6.45) is 9.32. The normalized spacial score (nSPS) is 13.0. The fraction of sp³-hybridized carbons (Fsp3) is 0.273. The predicted molar refractivity (Wildman–Crippen MR) is 120 cm³/mol. The second-order valence-corrected chi connectivity index (χ2v) is 7.30. The average molecular weight is 443 g/mol. The molecule has 0 aliphatic carbocycles. The van der Waals surface area contributed by atoms with Crippen molar-refractivity contribution in [2.24, 2.45) is 0 Å². The third-order valence-corrected chi connectivity index (χ3v) is 4.87. The molecule has 7 nitrogen and oxygen atoms in total. The second-order valence-electron chi connectivity index (χ2n) is 6.89. The molecule has 1 aliphatic heterocycles. The van der Waals surface area contributed by atoms with Crippen LogP contribution in [0.25, 0.3) is 11.3 Å². The van der Waals surface area contributed by atoms with Gasteiger partial charge in [0.2, 0.25) is 6.41 Å². The highest BCUT2D eigenvalue weighted by Gasteiger charge is 2.09. The van der Waals surface area contributed by atoms with E-state index in [4.69, 9.17) is 11.6 Å². The number of benzene rings is 1. The Morgan fingerprint density at radius 2 is 1.84 bits per heavy atom. The molecular weight excluding hydrogens is 419 g/mol. The van der Waals surface area contributed by atoms with Crippen LogP contribution in [0.5, 0.6) is 0 Å². The van der Waals surface area contributed by atoms with Crippen LogP contribution in [0.15, 0.2) is 48.9 Å². The van der Waals surface area contributed by atoms with Gasteiger partial charge in [0.1, 0.15) is 17.5 Å². The third kappa shape index (κ3) is 7.27. The average Bonchev–Trinajstić information content (AvgIpc) is 2.82. The highest BCUT2D eigenvalue weighted by molar-refractivity contribution is 6.33. The number of nitrogens with zero attached hydrogens (tertiary/aromatic N) is 3. The summed E-state index contributed by atoms with van der Waals surface area (Å²) in [4.78, 5) is 23.2. The summed E-state index contributed by atoms with van der Waals surface area (Å²) in [5.41, 5.74) is 2.04. The molecule has 9 heteroatoms. The molecule has 3 N–H and O–H groups in total. The Morgan fingerprint density at radius 1 is 1.06 bits per heavy atom. The molecule has 31 heavy (non-hydrogen) atoms. The number of hydrogen-bond donors (Lipinski definition) is 3. The van der Waals surface area contributed by atoms with Crippen molar-refractivity contribution in [1.82, 2.24) is 20.3 Å². The molecule has 0 bridgehead atoms. The number of pyridine rings is 1. The first kappa shape index (κ1) is 22.6. The molecule has 0 radical (unpaired) electrons. The van der Waals surface area contributed by atoms with Crippen molar-refractivity contribution in [3.05, 3.63) is 65.3 Å². The first-order valence-corrected chi connectivity index (χ1v) is 10.4. The number of carbonyl (C=O) groups excluding carboxylic acids is 1. The summed E-state index contributed by atoms with van der Waals surface area (Å²) in [7, 11) is 0. The van der Waals surface area contributed by atoms with Crippen LogP contribution in [-0.4, -0.2) is 34.5 Å². The van der Waals surface area contributed by atoms with Gasteiger partial charge in [-0.2, -0.15) is 0 Å². The summed E-state index contributed by atoms with van der Waals surface area (Å²) in [5.74, 6) is 0.623. The molecule has 1 aromatic carbocycles. The molecule has 0 saturated carbocycles. The maximum atomic E-state index is 12.9. The largest absolute Gasteiger partial charge is 0.365 e. The number of hydrogen-bond acceptors (Lipinski definition) is 6. The molecule has 2 aromatic heterocycles. The van der Waals surface area contributed by atoms with Crippen molar-refractivity contribution in [2.45, 2.75) is 25.8 Å². The van der Waals surface area contributed by atoms with E-state index in [9.17, 15) is 9.18 Å². The smallest absolute Gasteiger partial charge is 0.212 e. The number of nitrogens with one attached hydrogen (secondary N) is 3. The van der Waals surface area contributed by atoms with Gasteiger partial charge in [-0.1, -0.05) is 30.2 Å². The Hall–Kier alpha value is -3.10. The zero-order chi connectivity index (χ0) is 21.9. The van der Waals surface area contributed by atoms with Gasteiger partial charge in [0.15, 0.2) is 0 Å². The Bertz CT molecular complexity index is 970. The van der Waals surface area contributed by atoms with Crippen LogP contribution in [0.3, 0.4) is 0 Å². The highest BCUT2D eigenvalue weighted by atomic mass is 35.5. The van der Waals surface area contributed by atoms with E-state index in [0.717, 1.165) is 5.56 Å². The van der Waals surface area contributed by atoms with Crippen molar-refractivity contribution in [3.63, 3.8) is 0 Å². The van der Waals surface area contributed by atoms with Gasteiger partial charge in [-0.25, -0.2) is 14.4 Å². The first-order valence-electron chi connectivity index (χ1n) is 10.0. The molecule has 1 aliphatic rings. The monoisotopic (exact) mass is 442 g/mol. The highest BCUT2D eigenvalue weighted by Crippen LogP contribution is 2.28. The summed E-state index contributed by atoms with van der Waals surface area (Å²) >= 11 is 6.17. The molecule has 1 amide bonds. The molecule has 0 atom stereocenters. The zero-order valence-electron chi connectivity index (χ0n) is 16.9. The van der Waals surface area contributed by atoms with Crippen molar-refractivity contribution in [2.75, 3.05) is 23.7 Å². The molecule has 0 unspecified atom stereocenters. The minimum absolute atomic E-state index is 0.280. The lowest BCUT2D eigenvalue weighted by atomic mass is 10.2. The molecule has 0 spiro atoms. The van der Waals surface area contributed by atoms with E-state index in [1.54, 1.807) is 30.6 Å². The van der Waals surface area contributed by atoms with E-state index in [-0.39, 0.29) is 5.82 Å². The van der Waals surface area contributed by atoms with Gasteiger partial charge in [-0.05, 0) is 49.7 Å². The number of halogens is 2. The number of anilines is 2. The molecule has 162 valence electrons. The van der Waals surface area contributed by atoms with Crippen molar-refractivity contribution < 1.29 is 9.18 Å². The zero-order valence-corrected chi connectivity index (χ0v) is 17.7. The van der Waals surface area contributed by atoms with Crippen LogP contribution >= 0.6 is 11.6 Å². The maximum absolute atomic E-state index is 12.9. The lowest BCUT2D eigenvalue weighted by Crippen LogP contribution is -2.21. The van der Waals surface area contributed by atoms with Gasteiger partial charge >= 0.3 is 0 Å². The van der Waals surface area contributed by atoms with Gasteiger partial charge in [-0.3, -0.25) is 9.78 Å². The fourth-order valence-electron chi connectivity index (χ4n) is 2.95. The molecule has 4 rings (SSSR count). The maximum Gasteiger partial charge on any atom is 0.212 e. The standard InChI is InChI=1S/C17H13ClFN5O.C5H11N/c18-14-7-22-16(23-10-25)5-13(14)15-8-20-9-17(24-15)21-6-11-1-3-12(19)4-2-11;1-2-4-6-5-3-1/h1-5,7-10H,6H2,(H,21,24)(H,22,23,25);6H,1-5H2. The SMILES string of the molecule is C1CCNCC1.O=CNc1cc(-c2cncc(NCc3ccc(F)cc3)n2)c(Cl)cn1. The number of amides is 1. The minimum atomic E-state index is -0.280. The van der Waals surface area contributed by atoms with E-state index in [0.29, 0.717) is 40.9 Å². The summed E-state index contributed by atoms with van der Waals surface area (Å²) in [6, 6.07) is 7.80. The Kier molecular flexibility index (Phi) is 8.69. The lowest BCUT2D eigenvalue weighted by molar-refractivity contribution is -0.105. The van der Waals surface area contributed by atoms with Crippen LogP contribution in [-0.2, 0) is 11.3 Å². The quantitative estimate of drug-likeness (QED) is 0.494. The van der Waals surface area contributed by atoms with E-state index in [2.05, 4.69) is 30.9 Å². The minimum Gasteiger partial charge on any atom is -0.365 e. The Labute approximate surface area is 185 Å². The summed E-state index contributed by atoms with van der Waals surface area (Å²) in [6.45, 7) is 2.97. The Balaban J connectivity index is 0.000000391. The van der Waals surface area contributed by atoms with Gasteiger partial charge in [0.05, 0.1) is 23.1 Å². The van der Waals surface area contributed by atoms with E-state index in [1.165, 1.54) is 50.7 Å². The molecular formula is C22H24ClFN6O. The van der Waals surface area contributed by atoms with E-state index in [1.807, 2.05) is 0 Å². The van der Waals surface area contributed by atoms with Crippen LogP contribution < -0.4 is 16.0 Å². The summed E-state index contributed by atoms with van der Waals surface area (Å²) in [5, 5.41) is 9.26. The second kappa shape index (κ2) is 11.9. The molecule has 3 heterocycles. The van der Waals surface area contributed by atoms with Crippen LogP contribution in [0.4, 0.5) is 16.0 Å². The molecule has 1 fully saturated rings. The third-order valence-electron chi connectivity index (χ3n) is 4.57. The van der Waals surface area contributed by atoms with Crippen LogP contribution in [0, 0.1) is 5.82 Å². The van der Waals surface area contributed by atoms with Crippen molar-refractivity contribution in [1.29, 1.82) is 0 Å². The molecule has 1 saturated heterocycles. The summed E-state index contributed by atoms with van der Waals surface area (Å²) < 4.78 is 12.9. The fourth-order valence-corrected chi connectivity index (χ4v) is 3.15. The number of piperidine rings is 1. The number of aromatic nitrogens is 3. The topological polar surface area (TPSA) is 91.8 Å². The van der Waals surface area contributed by atoms with E-state index >= 15 is 0 Å². The van der Waals surface area contributed by atoms with Gasteiger partial charge in [-0.15, -0.1) is 0 Å². The van der Waals surface area contributed by atoms with Crippen LogP contribution in [0.1, 0.15) is 24.8 Å². The van der Waals surface area contributed by atoms with Gasteiger partial charge in [0, 0.05) is 18.3 Å². The van der Waals surface area contributed by atoms with E-state index < -0.39 is 0 Å². The van der Waals surface area contributed by atoms with Crippen molar-refractivity contribution >= 4 is 29.6 Å². The number of rotatable bonds is 6. The van der Waals surface area contributed by atoms with Gasteiger partial charge in [0.25, 0.3) is 0 Å².